The number of hydrogen-bond acceptors (Lipinski definition) is 2. The quantitative estimate of drug-likeness (QED) is 0.114. The van der Waals surface area contributed by atoms with Crippen LogP contribution in [0.1, 0.15) is 76.7 Å². The van der Waals surface area contributed by atoms with Crippen LogP contribution in [0.3, 0.4) is 0 Å². The van der Waals surface area contributed by atoms with Gasteiger partial charge in [0.05, 0.1) is 6.10 Å². The number of rotatable bonds is 15. The van der Waals surface area contributed by atoms with E-state index in [0.717, 1.165) is 30.6 Å². The molecule has 0 amide bonds. The molecule has 1 atom stereocenters. The number of thioether (sulfide) groups is 1. The fourth-order valence-corrected chi connectivity index (χ4v) is 4.36. The Bertz CT molecular complexity index is 726. The number of aryl methyl sites for hydroxylation is 1. The van der Waals surface area contributed by atoms with Crippen molar-refractivity contribution in [2.24, 2.45) is 0 Å². The Kier molecular flexibility index (Phi) is 20.2. The predicted octanol–water partition coefficient (Wildman–Crippen LogP) is 10.1. The van der Waals surface area contributed by atoms with Crippen LogP contribution in [0.5, 0.6) is 0 Å². The van der Waals surface area contributed by atoms with Crippen molar-refractivity contribution in [2.45, 2.75) is 88.6 Å². The van der Waals surface area contributed by atoms with Crippen LogP contribution in [-0.4, -0.2) is 11.2 Å². The van der Waals surface area contributed by atoms with E-state index in [1.54, 1.807) is 11.8 Å². The molecule has 0 saturated carbocycles. The summed E-state index contributed by atoms with van der Waals surface area (Å²) in [5.41, 5.74) is 1.28. The van der Waals surface area contributed by atoms with Crippen LogP contribution in [-0.2, 0) is 21.6 Å². The van der Waals surface area contributed by atoms with Crippen LogP contribution < -0.4 is 0 Å². The van der Waals surface area contributed by atoms with Gasteiger partial charge in [0.1, 0.15) is 0 Å². The maximum atomic E-state index is 10.8. The summed E-state index contributed by atoms with van der Waals surface area (Å²) in [6.07, 6.45) is 16.2. The molecule has 0 fully saturated rings. The summed E-state index contributed by atoms with van der Waals surface area (Å²) >= 11 is -0.511. The summed E-state index contributed by atoms with van der Waals surface area (Å²) in [6, 6.07) is 20.8. The molecular weight excluding hydrogens is 660 g/mol. The van der Waals surface area contributed by atoms with Crippen LogP contribution in [0, 0.1) is 6.08 Å². The zero-order chi connectivity index (χ0) is 24.2. The van der Waals surface area contributed by atoms with Crippen LogP contribution in [0.25, 0.3) is 0 Å². The fourth-order valence-electron chi connectivity index (χ4n) is 3.39. The molecular formula is C27H37Cl3OSTa-. The molecule has 184 valence electrons. The van der Waals surface area contributed by atoms with Gasteiger partial charge in [0.15, 0.2) is 0 Å². The second-order valence-corrected chi connectivity index (χ2v) is 23.0. The van der Waals surface area contributed by atoms with E-state index >= 15 is 0 Å². The second kappa shape index (κ2) is 21.4. The Morgan fingerprint density at radius 3 is 1.94 bits per heavy atom. The number of benzene rings is 2. The molecule has 0 aromatic heterocycles. The minimum atomic E-state index is -2.18. The summed E-state index contributed by atoms with van der Waals surface area (Å²) in [6.45, 7) is 2.27. The molecule has 0 aliphatic heterocycles. The zero-order valence-corrected chi connectivity index (χ0v) is 25.9. The van der Waals surface area contributed by atoms with E-state index in [1.165, 1.54) is 55.4 Å². The van der Waals surface area contributed by atoms with Crippen molar-refractivity contribution in [3.05, 3.63) is 77.2 Å². The van der Waals surface area contributed by atoms with Crippen molar-refractivity contribution in [1.82, 2.24) is 0 Å². The predicted molar refractivity (Wildman–Crippen MR) is 145 cm³/mol. The third-order valence-electron chi connectivity index (χ3n) is 5.15. The number of aliphatic hydroxyl groups excluding tert-OH is 1. The van der Waals surface area contributed by atoms with Crippen molar-refractivity contribution in [2.75, 3.05) is 0 Å². The molecule has 1 N–H and O–H groups in total. The topological polar surface area (TPSA) is 20.2 Å². The van der Waals surface area contributed by atoms with Crippen molar-refractivity contribution in [3.63, 3.8) is 0 Å². The zero-order valence-electron chi connectivity index (χ0n) is 19.6. The van der Waals surface area contributed by atoms with Gasteiger partial charge in [0.25, 0.3) is 0 Å². The average Bonchev–Trinajstić information content (AvgIpc) is 2.81. The van der Waals surface area contributed by atoms with E-state index in [9.17, 15) is 5.11 Å². The molecule has 0 heterocycles. The molecule has 6 heteroatoms. The van der Waals surface area contributed by atoms with Gasteiger partial charge in [-0.3, -0.25) is 0 Å². The van der Waals surface area contributed by atoms with Gasteiger partial charge < -0.3 is 11.2 Å². The summed E-state index contributed by atoms with van der Waals surface area (Å²) in [5, 5.41) is 10.8. The van der Waals surface area contributed by atoms with Crippen molar-refractivity contribution in [3.8, 4) is 0 Å². The number of halogens is 3. The van der Waals surface area contributed by atoms with E-state index in [-0.39, 0.29) is 0 Å². The van der Waals surface area contributed by atoms with E-state index in [1.807, 2.05) is 12.1 Å². The van der Waals surface area contributed by atoms with Crippen molar-refractivity contribution < 1.29 is 20.3 Å². The summed E-state index contributed by atoms with van der Waals surface area (Å²) in [7, 11) is 15.0. The number of aliphatic hydroxyl groups is 1. The van der Waals surface area contributed by atoms with Crippen molar-refractivity contribution >= 4 is 39.3 Å². The maximum absolute atomic E-state index is 10.8. The van der Waals surface area contributed by atoms with Crippen LogP contribution in [0.4, 0.5) is 0 Å². The Morgan fingerprint density at radius 2 is 1.36 bits per heavy atom. The summed E-state index contributed by atoms with van der Waals surface area (Å²) in [5.74, 6) is 0. The van der Waals surface area contributed by atoms with Crippen LogP contribution in [0.15, 0.2) is 70.5 Å². The first-order valence-electron chi connectivity index (χ1n) is 11.9. The molecule has 2 aromatic rings. The van der Waals surface area contributed by atoms with Gasteiger partial charge >= 0.3 is 42.8 Å². The van der Waals surface area contributed by atoms with Gasteiger partial charge in [0, 0.05) is 4.90 Å². The fraction of sp³-hybridized carbons (Fsp3) is 0.481. The van der Waals surface area contributed by atoms with E-state index < -0.39 is 21.3 Å². The molecule has 33 heavy (non-hydrogen) atoms. The first-order valence-corrected chi connectivity index (χ1v) is 24.6. The molecule has 0 spiro atoms. The van der Waals surface area contributed by atoms with Gasteiger partial charge in [-0.15, -0.1) is 11.8 Å². The Morgan fingerprint density at radius 1 is 0.848 bits per heavy atom. The molecule has 0 bridgehead atoms. The molecule has 1 unspecified atom stereocenters. The molecule has 1 nitrogen and oxygen atoms in total. The van der Waals surface area contributed by atoms with Crippen molar-refractivity contribution in [1.29, 1.82) is 0 Å². The Hall–Kier alpha value is 0.100. The first kappa shape index (κ1) is 31.1. The third-order valence-corrected chi connectivity index (χ3v) is 6.30. The number of hydrogen-bond donors (Lipinski definition) is 1. The summed E-state index contributed by atoms with van der Waals surface area (Å²) in [4.78, 5) is 2.15. The molecule has 2 aromatic carbocycles. The van der Waals surface area contributed by atoms with Crippen LogP contribution >= 0.6 is 39.3 Å². The van der Waals surface area contributed by atoms with Gasteiger partial charge in [-0.05, 0) is 30.5 Å². The Labute approximate surface area is 223 Å². The van der Waals surface area contributed by atoms with Gasteiger partial charge in [-0.2, -0.15) is 11.3 Å². The summed E-state index contributed by atoms with van der Waals surface area (Å²) < 4.78 is 0. The minimum absolute atomic E-state index is 0.450. The molecule has 0 aliphatic carbocycles. The second-order valence-electron chi connectivity index (χ2n) is 7.91. The normalized spacial score (nSPS) is 12.4. The van der Waals surface area contributed by atoms with Crippen LogP contribution in [0.2, 0.25) is 0 Å². The molecule has 0 saturated heterocycles. The van der Waals surface area contributed by atoms with Gasteiger partial charge in [0.2, 0.25) is 0 Å². The Balaban J connectivity index is 0.00000125. The van der Waals surface area contributed by atoms with Gasteiger partial charge in [-0.1, -0.05) is 107 Å². The SMILES string of the molecule is CCCCCCCCCC[C-]=C(Sc1ccccc1)C(O)CCc1ccccc1.[Cl][Ta]([Cl])[Cl]. The molecule has 0 radical (unpaired) electrons. The van der Waals surface area contributed by atoms with E-state index in [4.69, 9.17) is 27.6 Å². The standard InChI is InChI=1S/C27H37OS.3ClH.Ta/c1-2-3-4-5-6-7-8-9-16-21-27(29-25-19-14-11-15-20-25)26(28)23-22-24-17-12-10-13-18-24;;;;/h10-15,17-20,26,28H,2-9,16,22-23H2,1H3;3*1H;/q-1;;;;+3/p-3. The number of unbranched alkanes of at least 4 members (excludes halogenated alkanes) is 8. The molecule has 2 rings (SSSR count). The van der Waals surface area contributed by atoms with E-state index in [2.05, 4.69) is 61.5 Å². The number of allylic oxidation sites excluding steroid dienone is 1. The third kappa shape index (κ3) is 18.1. The average molecular weight is 697 g/mol. The monoisotopic (exact) mass is 695 g/mol. The molecule has 0 aliphatic rings. The van der Waals surface area contributed by atoms with Gasteiger partial charge in [-0.25, -0.2) is 0 Å². The first-order chi connectivity index (χ1) is 16.0. The van der Waals surface area contributed by atoms with E-state index in [0.29, 0.717) is 0 Å².